The molecule has 17 heavy (non-hydrogen) atoms. The Labute approximate surface area is 104 Å². The van der Waals surface area contributed by atoms with Crippen molar-refractivity contribution in [1.82, 2.24) is 0 Å². The second-order valence-corrected chi connectivity index (χ2v) is 5.43. The summed E-state index contributed by atoms with van der Waals surface area (Å²) >= 11 is 0. The molecular weight excluding hydrogens is 210 g/mol. The minimum atomic E-state index is -0.163. The first-order chi connectivity index (χ1) is 8.08. The highest BCUT2D eigenvalue weighted by Gasteiger charge is 2.39. The maximum absolute atomic E-state index is 6.67. The zero-order valence-electron chi connectivity index (χ0n) is 11.1. The topological polar surface area (TPSA) is 35.2 Å². The summed E-state index contributed by atoms with van der Waals surface area (Å²) in [5.41, 5.74) is 7.75. The molecule has 0 spiro atoms. The highest BCUT2D eigenvalue weighted by Crippen LogP contribution is 2.42. The normalized spacial score (nSPS) is 33.4. The van der Waals surface area contributed by atoms with E-state index in [9.17, 15) is 0 Å². The summed E-state index contributed by atoms with van der Waals surface area (Å²) in [6.07, 6.45) is 3.62. The van der Waals surface area contributed by atoms with Crippen LogP contribution >= 0.6 is 0 Å². The van der Waals surface area contributed by atoms with Crippen LogP contribution in [0.25, 0.3) is 0 Å². The van der Waals surface area contributed by atoms with Crippen molar-refractivity contribution >= 4 is 0 Å². The van der Waals surface area contributed by atoms with Gasteiger partial charge in [0.25, 0.3) is 0 Å². The van der Waals surface area contributed by atoms with Crippen molar-refractivity contribution in [3.05, 3.63) is 29.8 Å². The third-order valence-electron chi connectivity index (χ3n) is 4.54. The van der Waals surface area contributed by atoms with E-state index in [1.54, 1.807) is 7.11 Å². The number of benzene rings is 1. The van der Waals surface area contributed by atoms with Crippen molar-refractivity contribution in [2.24, 2.45) is 17.6 Å². The lowest BCUT2D eigenvalue weighted by molar-refractivity contribution is 0.143. The summed E-state index contributed by atoms with van der Waals surface area (Å²) in [6.45, 7) is 4.60. The summed E-state index contributed by atoms with van der Waals surface area (Å²) in [7, 11) is 1.69. The Balaban J connectivity index is 2.29. The smallest absolute Gasteiger partial charge is 0.118 e. The van der Waals surface area contributed by atoms with Crippen LogP contribution in [-0.4, -0.2) is 7.11 Å². The van der Waals surface area contributed by atoms with E-state index in [-0.39, 0.29) is 5.54 Å². The summed E-state index contributed by atoms with van der Waals surface area (Å²) in [5.74, 6) is 2.13. The monoisotopic (exact) mass is 233 g/mol. The number of hydrogen-bond donors (Lipinski definition) is 1. The largest absolute Gasteiger partial charge is 0.497 e. The van der Waals surface area contributed by atoms with E-state index in [1.807, 2.05) is 12.1 Å². The van der Waals surface area contributed by atoms with Crippen LogP contribution < -0.4 is 10.5 Å². The average Bonchev–Trinajstić information content (AvgIpc) is 2.36. The third kappa shape index (κ3) is 2.19. The molecule has 3 atom stereocenters. The molecule has 2 heteroatoms. The predicted molar refractivity (Wildman–Crippen MR) is 71.0 cm³/mol. The Morgan fingerprint density at radius 1 is 1.24 bits per heavy atom. The van der Waals surface area contributed by atoms with Gasteiger partial charge in [0.2, 0.25) is 0 Å². The van der Waals surface area contributed by atoms with E-state index in [0.717, 1.165) is 12.2 Å². The Hall–Kier alpha value is -1.02. The van der Waals surface area contributed by atoms with Gasteiger partial charge in [0, 0.05) is 5.54 Å². The van der Waals surface area contributed by atoms with Gasteiger partial charge in [-0.2, -0.15) is 0 Å². The zero-order chi connectivity index (χ0) is 12.5. The SMILES string of the molecule is COc1ccc(C2(N)CCCC(C)C2C)cc1. The lowest BCUT2D eigenvalue weighted by Gasteiger charge is -2.43. The maximum Gasteiger partial charge on any atom is 0.118 e. The fourth-order valence-electron chi connectivity index (χ4n) is 3.01. The van der Waals surface area contributed by atoms with Gasteiger partial charge in [-0.25, -0.2) is 0 Å². The van der Waals surface area contributed by atoms with Crippen LogP contribution in [0.4, 0.5) is 0 Å². The van der Waals surface area contributed by atoms with Gasteiger partial charge in [-0.15, -0.1) is 0 Å². The molecule has 0 heterocycles. The van der Waals surface area contributed by atoms with Gasteiger partial charge >= 0.3 is 0 Å². The van der Waals surface area contributed by atoms with Crippen molar-refractivity contribution in [2.45, 2.75) is 38.6 Å². The van der Waals surface area contributed by atoms with Crippen LogP contribution in [0.2, 0.25) is 0 Å². The van der Waals surface area contributed by atoms with E-state index < -0.39 is 0 Å². The summed E-state index contributed by atoms with van der Waals surface area (Å²) in [5, 5.41) is 0. The van der Waals surface area contributed by atoms with Gasteiger partial charge in [0.05, 0.1) is 7.11 Å². The van der Waals surface area contributed by atoms with Crippen molar-refractivity contribution in [3.63, 3.8) is 0 Å². The van der Waals surface area contributed by atoms with Crippen LogP contribution in [0.3, 0.4) is 0 Å². The molecule has 3 unspecified atom stereocenters. The fourth-order valence-corrected chi connectivity index (χ4v) is 3.01. The molecule has 1 fully saturated rings. The Bertz CT molecular complexity index is 373. The van der Waals surface area contributed by atoms with Crippen LogP contribution in [0, 0.1) is 11.8 Å². The van der Waals surface area contributed by atoms with Gasteiger partial charge in [0.1, 0.15) is 5.75 Å². The molecule has 0 saturated heterocycles. The third-order valence-corrected chi connectivity index (χ3v) is 4.54. The lowest BCUT2D eigenvalue weighted by atomic mass is 9.66. The molecule has 1 saturated carbocycles. The molecule has 2 rings (SSSR count). The Morgan fingerprint density at radius 2 is 1.88 bits per heavy atom. The van der Waals surface area contributed by atoms with Crippen molar-refractivity contribution in [1.29, 1.82) is 0 Å². The predicted octanol–water partition coefficient (Wildman–Crippen LogP) is 3.31. The zero-order valence-corrected chi connectivity index (χ0v) is 11.1. The van der Waals surface area contributed by atoms with Crippen LogP contribution in [0.1, 0.15) is 38.7 Å². The highest BCUT2D eigenvalue weighted by atomic mass is 16.5. The van der Waals surface area contributed by atoms with E-state index >= 15 is 0 Å². The average molecular weight is 233 g/mol. The lowest BCUT2D eigenvalue weighted by Crippen LogP contribution is -2.48. The molecule has 2 nitrogen and oxygen atoms in total. The van der Waals surface area contributed by atoms with Crippen LogP contribution in [0.5, 0.6) is 5.75 Å². The second-order valence-electron chi connectivity index (χ2n) is 5.43. The quantitative estimate of drug-likeness (QED) is 0.850. The van der Waals surface area contributed by atoms with Gasteiger partial charge < -0.3 is 10.5 Å². The van der Waals surface area contributed by atoms with Gasteiger partial charge in [-0.05, 0) is 36.0 Å². The summed E-state index contributed by atoms with van der Waals surface area (Å²) < 4.78 is 5.20. The molecule has 1 aromatic carbocycles. The van der Waals surface area contributed by atoms with Crippen molar-refractivity contribution in [2.75, 3.05) is 7.11 Å². The van der Waals surface area contributed by atoms with Gasteiger partial charge in [0.15, 0.2) is 0 Å². The molecule has 0 amide bonds. The minimum Gasteiger partial charge on any atom is -0.497 e. The van der Waals surface area contributed by atoms with E-state index in [0.29, 0.717) is 11.8 Å². The fraction of sp³-hybridized carbons (Fsp3) is 0.600. The maximum atomic E-state index is 6.67. The van der Waals surface area contributed by atoms with Crippen LogP contribution in [0.15, 0.2) is 24.3 Å². The first kappa shape index (κ1) is 12.4. The molecule has 0 aromatic heterocycles. The molecule has 2 N–H and O–H groups in total. The highest BCUT2D eigenvalue weighted by molar-refractivity contribution is 5.32. The van der Waals surface area contributed by atoms with E-state index in [2.05, 4.69) is 26.0 Å². The van der Waals surface area contributed by atoms with Gasteiger partial charge in [-0.3, -0.25) is 0 Å². The second kappa shape index (κ2) is 4.69. The Kier molecular flexibility index (Phi) is 3.43. The molecule has 1 aliphatic carbocycles. The first-order valence-electron chi connectivity index (χ1n) is 6.51. The number of nitrogens with two attached hydrogens (primary N) is 1. The number of hydrogen-bond acceptors (Lipinski definition) is 2. The number of rotatable bonds is 2. The van der Waals surface area contributed by atoms with Crippen LogP contribution in [-0.2, 0) is 5.54 Å². The molecule has 0 bridgehead atoms. The molecule has 1 aromatic rings. The van der Waals surface area contributed by atoms with E-state index in [4.69, 9.17) is 10.5 Å². The van der Waals surface area contributed by atoms with E-state index in [1.165, 1.54) is 18.4 Å². The number of ether oxygens (including phenoxy) is 1. The minimum absolute atomic E-state index is 0.163. The molecule has 0 aliphatic heterocycles. The molecule has 94 valence electrons. The summed E-state index contributed by atoms with van der Waals surface area (Å²) in [6, 6.07) is 8.26. The summed E-state index contributed by atoms with van der Waals surface area (Å²) in [4.78, 5) is 0. The Morgan fingerprint density at radius 3 is 2.47 bits per heavy atom. The standard InChI is InChI=1S/C15H23NO/c1-11-5-4-10-15(16,12(11)2)13-6-8-14(17-3)9-7-13/h6-9,11-12H,4-5,10,16H2,1-3H3. The molecular formula is C15H23NO. The number of methoxy groups -OCH3 is 1. The first-order valence-corrected chi connectivity index (χ1v) is 6.51. The van der Waals surface area contributed by atoms with Crippen molar-refractivity contribution in [3.8, 4) is 5.75 Å². The molecule has 0 radical (unpaired) electrons. The van der Waals surface area contributed by atoms with Crippen molar-refractivity contribution < 1.29 is 4.74 Å². The molecule has 1 aliphatic rings. The van der Waals surface area contributed by atoms with Gasteiger partial charge in [-0.1, -0.05) is 38.8 Å².